The number of anilines is 1. The minimum atomic E-state index is -4.18. The molecular formula is C34H34BrCl2N3O4S. The fourth-order valence-corrected chi connectivity index (χ4v) is 6.92. The van der Waals surface area contributed by atoms with Crippen molar-refractivity contribution < 1.29 is 18.0 Å². The third-order valence-electron chi connectivity index (χ3n) is 7.18. The van der Waals surface area contributed by atoms with Crippen molar-refractivity contribution in [2.45, 2.75) is 43.7 Å². The first kappa shape index (κ1) is 34.5. The van der Waals surface area contributed by atoms with Gasteiger partial charge in [0, 0.05) is 34.0 Å². The number of hydrogen-bond donors (Lipinski definition) is 1. The number of nitrogens with zero attached hydrogens (tertiary/aromatic N) is 2. The summed E-state index contributed by atoms with van der Waals surface area (Å²) in [4.78, 5) is 29.7. The van der Waals surface area contributed by atoms with Gasteiger partial charge in [-0.15, -0.1) is 0 Å². The molecule has 11 heteroatoms. The van der Waals surface area contributed by atoms with Crippen molar-refractivity contribution >= 4 is 66.7 Å². The minimum Gasteiger partial charge on any atom is -0.354 e. The molecule has 4 rings (SSSR count). The molecule has 0 fully saturated rings. The Hall–Kier alpha value is -3.37. The number of carbonyl (C=O) groups excluding carboxylic acids is 2. The molecule has 4 aromatic carbocycles. The highest BCUT2D eigenvalue weighted by Crippen LogP contribution is 2.28. The third-order valence-corrected chi connectivity index (χ3v) is 10.1. The second kappa shape index (κ2) is 16.3. The SMILES string of the molecule is CCCCNC(=O)C(Cc1ccccc1)N(Cc1ccc(Cl)cc1Cl)C(=O)CN(c1ccc(Br)cc1)S(=O)(=O)c1ccccc1. The number of carbonyl (C=O) groups is 2. The van der Waals surface area contributed by atoms with Gasteiger partial charge in [0.15, 0.2) is 0 Å². The van der Waals surface area contributed by atoms with Crippen molar-refractivity contribution in [3.63, 3.8) is 0 Å². The predicted octanol–water partition coefficient (Wildman–Crippen LogP) is 7.51. The van der Waals surface area contributed by atoms with Gasteiger partial charge in [0.1, 0.15) is 12.6 Å². The van der Waals surface area contributed by atoms with Gasteiger partial charge in [-0.05, 0) is 66.1 Å². The Labute approximate surface area is 283 Å². The molecule has 0 aliphatic heterocycles. The molecule has 2 amide bonds. The molecule has 0 aliphatic rings. The third kappa shape index (κ3) is 9.33. The van der Waals surface area contributed by atoms with E-state index >= 15 is 0 Å². The van der Waals surface area contributed by atoms with E-state index in [0.29, 0.717) is 27.8 Å². The van der Waals surface area contributed by atoms with Crippen LogP contribution in [0.15, 0.2) is 112 Å². The lowest BCUT2D eigenvalue weighted by Gasteiger charge is -2.34. The minimum absolute atomic E-state index is 0.0335. The van der Waals surface area contributed by atoms with E-state index in [2.05, 4.69) is 21.2 Å². The summed E-state index contributed by atoms with van der Waals surface area (Å²) in [6, 6.07) is 27.9. The maximum Gasteiger partial charge on any atom is 0.264 e. The van der Waals surface area contributed by atoms with E-state index in [9.17, 15) is 18.0 Å². The average Bonchev–Trinajstić information content (AvgIpc) is 3.03. The van der Waals surface area contributed by atoms with Gasteiger partial charge in [-0.1, -0.05) is 107 Å². The Balaban J connectivity index is 1.80. The van der Waals surface area contributed by atoms with Crippen LogP contribution < -0.4 is 9.62 Å². The van der Waals surface area contributed by atoms with E-state index in [1.807, 2.05) is 37.3 Å². The van der Waals surface area contributed by atoms with Gasteiger partial charge in [0.2, 0.25) is 11.8 Å². The fourth-order valence-electron chi connectivity index (χ4n) is 4.75. The molecule has 0 aromatic heterocycles. The van der Waals surface area contributed by atoms with Crippen molar-refractivity contribution in [2.24, 2.45) is 0 Å². The van der Waals surface area contributed by atoms with E-state index in [4.69, 9.17) is 23.2 Å². The Kier molecular flexibility index (Phi) is 12.5. The number of sulfonamides is 1. The Morgan fingerprint density at radius 3 is 2.16 bits per heavy atom. The van der Waals surface area contributed by atoms with Crippen LogP contribution in [0, 0.1) is 0 Å². The molecule has 0 radical (unpaired) electrons. The lowest BCUT2D eigenvalue weighted by Crippen LogP contribution is -2.53. The molecule has 4 aromatic rings. The summed E-state index contributed by atoms with van der Waals surface area (Å²) >= 11 is 16.1. The van der Waals surface area contributed by atoms with Crippen molar-refractivity contribution in [3.8, 4) is 0 Å². The number of unbranched alkanes of at least 4 members (excludes halogenated alkanes) is 1. The summed E-state index contributed by atoms with van der Waals surface area (Å²) in [6.45, 7) is 1.86. The second-order valence-electron chi connectivity index (χ2n) is 10.4. The van der Waals surface area contributed by atoms with Gasteiger partial charge < -0.3 is 10.2 Å². The fraction of sp³-hybridized carbons (Fsp3) is 0.235. The van der Waals surface area contributed by atoms with E-state index in [-0.39, 0.29) is 23.8 Å². The number of amides is 2. The summed E-state index contributed by atoms with van der Waals surface area (Å²) in [5.41, 5.74) is 1.71. The maximum absolute atomic E-state index is 14.5. The zero-order valence-electron chi connectivity index (χ0n) is 24.7. The van der Waals surface area contributed by atoms with E-state index in [0.717, 1.165) is 27.2 Å². The number of hydrogen-bond acceptors (Lipinski definition) is 4. The maximum atomic E-state index is 14.5. The molecule has 0 saturated heterocycles. The summed E-state index contributed by atoms with van der Waals surface area (Å²) in [5.74, 6) is -0.915. The second-order valence-corrected chi connectivity index (χ2v) is 14.0. The van der Waals surface area contributed by atoms with Gasteiger partial charge in [-0.2, -0.15) is 0 Å². The Morgan fingerprint density at radius 1 is 0.889 bits per heavy atom. The Morgan fingerprint density at radius 2 is 1.53 bits per heavy atom. The summed E-state index contributed by atoms with van der Waals surface area (Å²) in [6.07, 6.45) is 1.86. The van der Waals surface area contributed by atoms with E-state index in [1.54, 1.807) is 60.7 Å². The van der Waals surface area contributed by atoms with Crippen LogP contribution in [0.25, 0.3) is 0 Å². The topological polar surface area (TPSA) is 86.8 Å². The molecule has 0 bridgehead atoms. The zero-order valence-corrected chi connectivity index (χ0v) is 28.6. The molecule has 0 heterocycles. The van der Waals surface area contributed by atoms with Crippen LogP contribution in [0.3, 0.4) is 0 Å². The molecule has 236 valence electrons. The first-order chi connectivity index (χ1) is 21.6. The standard InChI is InChI=1S/C34H34BrCl2N3O4S/c1-2-3-20-38-34(42)32(21-25-10-6-4-7-11-25)39(23-26-14-17-28(36)22-31(26)37)33(41)24-40(29-18-15-27(35)16-19-29)45(43,44)30-12-8-5-9-13-30/h4-19,22,32H,2-3,20-21,23-24H2,1H3,(H,38,42). The van der Waals surface area contributed by atoms with Crippen LogP contribution in [-0.2, 0) is 32.6 Å². The quantitative estimate of drug-likeness (QED) is 0.136. The number of nitrogens with one attached hydrogen (secondary N) is 1. The number of benzene rings is 4. The van der Waals surface area contributed by atoms with Crippen molar-refractivity contribution in [1.82, 2.24) is 10.2 Å². The van der Waals surface area contributed by atoms with Crippen LogP contribution in [-0.4, -0.2) is 44.3 Å². The van der Waals surface area contributed by atoms with E-state index < -0.39 is 28.5 Å². The van der Waals surface area contributed by atoms with Crippen LogP contribution in [0.5, 0.6) is 0 Å². The Bertz CT molecular complexity index is 1690. The highest BCUT2D eigenvalue weighted by molar-refractivity contribution is 9.10. The molecule has 45 heavy (non-hydrogen) atoms. The molecule has 1 atom stereocenters. The zero-order chi connectivity index (χ0) is 32.4. The first-order valence-electron chi connectivity index (χ1n) is 14.5. The van der Waals surface area contributed by atoms with Gasteiger partial charge in [-0.25, -0.2) is 8.42 Å². The van der Waals surface area contributed by atoms with Gasteiger partial charge in [0.25, 0.3) is 10.0 Å². The van der Waals surface area contributed by atoms with Crippen LogP contribution in [0.2, 0.25) is 10.0 Å². The summed E-state index contributed by atoms with van der Waals surface area (Å²) in [5, 5.41) is 3.72. The van der Waals surface area contributed by atoms with Gasteiger partial charge >= 0.3 is 0 Å². The van der Waals surface area contributed by atoms with Gasteiger partial charge in [-0.3, -0.25) is 13.9 Å². The highest BCUT2D eigenvalue weighted by atomic mass is 79.9. The number of rotatable bonds is 14. The summed E-state index contributed by atoms with van der Waals surface area (Å²) in [7, 11) is -4.18. The molecule has 0 saturated carbocycles. The van der Waals surface area contributed by atoms with Crippen LogP contribution in [0.1, 0.15) is 30.9 Å². The molecule has 1 unspecified atom stereocenters. The molecule has 1 N–H and O–H groups in total. The predicted molar refractivity (Wildman–Crippen MR) is 184 cm³/mol. The normalized spacial score (nSPS) is 11.9. The smallest absolute Gasteiger partial charge is 0.264 e. The average molecular weight is 732 g/mol. The van der Waals surface area contributed by atoms with Crippen molar-refractivity contribution in [1.29, 1.82) is 0 Å². The monoisotopic (exact) mass is 729 g/mol. The van der Waals surface area contributed by atoms with Crippen LogP contribution >= 0.6 is 39.1 Å². The molecule has 7 nitrogen and oxygen atoms in total. The lowest BCUT2D eigenvalue weighted by atomic mass is 10.0. The van der Waals surface area contributed by atoms with Gasteiger partial charge in [0.05, 0.1) is 10.6 Å². The largest absolute Gasteiger partial charge is 0.354 e. The van der Waals surface area contributed by atoms with Crippen LogP contribution in [0.4, 0.5) is 5.69 Å². The molecule has 0 aliphatic carbocycles. The molecule has 0 spiro atoms. The van der Waals surface area contributed by atoms with Crippen molar-refractivity contribution in [3.05, 3.63) is 129 Å². The lowest BCUT2D eigenvalue weighted by molar-refractivity contribution is -0.140. The van der Waals surface area contributed by atoms with E-state index in [1.165, 1.54) is 17.0 Å². The van der Waals surface area contributed by atoms with Crippen molar-refractivity contribution in [2.75, 3.05) is 17.4 Å². The summed E-state index contributed by atoms with van der Waals surface area (Å²) < 4.78 is 29.9. The first-order valence-corrected chi connectivity index (χ1v) is 17.5. The molecular weight excluding hydrogens is 697 g/mol. The highest BCUT2D eigenvalue weighted by Gasteiger charge is 2.34. The number of halogens is 3.